The highest BCUT2D eigenvalue weighted by atomic mass is 16.5. The number of pyridine rings is 1. The summed E-state index contributed by atoms with van der Waals surface area (Å²) in [7, 11) is 1.51. The quantitative estimate of drug-likeness (QED) is 0.764. The van der Waals surface area contributed by atoms with Crippen LogP contribution in [0.25, 0.3) is 10.9 Å². The van der Waals surface area contributed by atoms with Gasteiger partial charge in [0, 0.05) is 29.5 Å². The summed E-state index contributed by atoms with van der Waals surface area (Å²) >= 11 is 0. The molecule has 7 nitrogen and oxygen atoms in total. The molecular formula is C15H12N4O3. The number of benzene rings is 1. The fourth-order valence-electron chi connectivity index (χ4n) is 2.03. The van der Waals surface area contributed by atoms with Crippen LogP contribution in [0.3, 0.4) is 0 Å². The number of nitrogens with zero attached hydrogens (tertiary/aromatic N) is 2. The van der Waals surface area contributed by atoms with E-state index in [-0.39, 0.29) is 16.9 Å². The number of carbonyl (C=O) groups excluding carboxylic acids is 1. The third kappa shape index (κ3) is 2.51. The molecule has 110 valence electrons. The number of anilines is 1. The van der Waals surface area contributed by atoms with Crippen molar-refractivity contribution in [1.29, 1.82) is 0 Å². The first-order valence-electron chi connectivity index (χ1n) is 6.47. The Morgan fingerprint density at radius 2 is 2.05 bits per heavy atom. The van der Waals surface area contributed by atoms with Crippen LogP contribution in [0.4, 0.5) is 5.95 Å². The van der Waals surface area contributed by atoms with Gasteiger partial charge in [-0.1, -0.05) is 0 Å². The lowest BCUT2D eigenvalue weighted by atomic mass is 10.1. The summed E-state index contributed by atoms with van der Waals surface area (Å²) in [6.07, 6.45) is 4.37. The molecule has 0 atom stereocenters. The smallest absolute Gasteiger partial charge is 0.263 e. The number of methoxy groups -OCH3 is 1. The Hall–Kier alpha value is -3.22. The fourth-order valence-corrected chi connectivity index (χ4v) is 2.03. The van der Waals surface area contributed by atoms with Crippen LogP contribution in [0.5, 0.6) is 5.75 Å². The maximum atomic E-state index is 12.5. The number of carbonyl (C=O) groups is 1. The lowest BCUT2D eigenvalue weighted by molar-refractivity contribution is 0.102. The van der Waals surface area contributed by atoms with Gasteiger partial charge in [0.1, 0.15) is 11.3 Å². The first-order valence-corrected chi connectivity index (χ1v) is 6.47. The minimum Gasteiger partial charge on any atom is -0.497 e. The Labute approximate surface area is 125 Å². The molecule has 0 saturated carbocycles. The van der Waals surface area contributed by atoms with Crippen molar-refractivity contribution in [2.45, 2.75) is 0 Å². The van der Waals surface area contributed by atoms with Crippen molar-refractivity contribution in [3.8, 4) is 5.75 Å². The number of fused-ring (bicyclic) bond motifs is 1. The molecule has 1 amide bonds. The van der Waals surface area contributed by atoms with Crippen LogP contribution in [0.1, 0.15) is 10.4 Å². The number of hydrogen-bond donors (Lipinski definition) is 2. The Balaban J connectivity index is 2.02. The van der Waals surface area contributed by atoms with Crippen LogP contribution in [0.15, 0.2) is 47.7 Å². The van der Waals surface area contributed by atoms with E-state index in [0.717, 1.165) is 0 Å². The normalized spacial score (nSPS) is 10.4. The van der Waals surface area contributed by atoms with Gasteiger partial charge in [-0.3, -0.25) is 14.9 Å². The average molecular weight is 296 g/mol. The summed E-state index contributed by atoms with van der Waals surface area (Å²) in [6, 6.07) is 6.67. The Kier molecular flexibility index (Phi) is 3.53. The highest BCUT2D eigenvalue weighted by Crippen LogP contribution is 2.16. The topological polar surface area (TPSA) is 97.0 Å². The van der Waals surface area contributed by atoms with Crippen LogP contribution < -0.4 is 15.5 Å². The lowest BCUT2D eigenvalue weighted by Crippen LogP contribution is -2.22. The van der Waals surface area contributed by atoms with E-state index >= 15 is 0 Å². The van der Waals surface area contributed by atoms with Crippen molar-refractivity contribution in [2.24, 2.45) is 0 Å². The second-order valence-corrected chi connectivity index (χ2v) is 4.47. The standard InChI is InChI=1S/C15H12N4O3/c1-22-9-3-4-12-10(7-9)13(20)11(8-18-12)14(21)19-15-16-5-2-6-17-15/h2-8H,1H3,(H,18,20)(H,16,17,19,21). The van der Waals surface area contributed by atoms with Crippen LogP contribution >= 0.6 is 0 Å². The number of aromatic amines is 1. The predicted molar refractivity (Wildman–Crippen MR) is 81.1 cm³/mol. The van der Waals surface area contributed by atoms with Gasteiger partial charge in [-0.15, -0.1) is 0 Å². The summed E-state index contributed by atoms with van der Waals surface area (Å²) in [4.78, 5) is 35.3. The summed E-state index contributed by atoms with van der Waals surface area (Å²) in [6.45, 7) is 0. The third-order valence-corrected chi connectivity index (χ3v) is 3.12. The van der Waals surface area contributed by atoms with Gasteiger partial charge >= 0.3 is 0 Å². The fraction of sp³-hybridized carbons (Fsp3) is 0.0667. The molecule has 7 heteroatoms. The van der Waals surface area contributed by atoms with Gasteiger partial charge in [-0.25, -0.2) is 9.97 Å². The largest absolute Gasteiger partial charge is 0.497 e. The molecule has 0 spiro atoms. The van der Waals surface area contributed by atoms with Crippen LogP contribution in [0, 0.1) is 0 Å². The van der Waals surface area contributed by atoms with Crippen molar-refractivity contribution in [3.63, 3.8) is 0 Å². The molecule has 3 aromatic rings. The van der Waals surface area contributed by atoms with Gasteiger partial charge in [0.25, 0.3) is 5.91 Å². The zero-order valence-corrected chi connectivity index (χ0v) is 11.7. The Bertz CT molecular complexity index is 890. The van der Waals surface area contributed by atoms with Gasteiger partial charge in [0.05, 0.1) is 7.11 Å². The van der Waals surface area contributed by atoms with Gasteiger partial charge < -0.3 is 9.72 Å². The number of H-pyrrole nitrogens is 1. The summed E-state index contributed by atoms with van der Waals surface area (Å²) in [5.74, 6) is 0.108. The molecule has 0 aliphatic heterocycles. The first kappa shape index (κ1) is 13.7. The van der Waals surface area contributed by atoms with Gasteiger partial charge in [-0.2, -0.15) is 0 Å². The van der Waals surface area contributed by atoms with Crippen LogP contribution in [-0.4, -0.2) is 28.0 Å². The molecule has 1 aromatic carbocycles. The molecule has 0 unspecified atom stereocenters. The monoisotopic (exact) mass is 296 g/mol. The third-order valence-electron chi connectivity index (χ3n) is 3.12. The molecule has 22 heavy (non-hydrogen) atoms. The first-order chi connectivity index (χ1) is 10.7. The minimum absolute atomic E-state index is 0.0202. The molecule has 0 aliphatic carbocycles. The van der Waals surface area contributed by atoms with E-state index in [2.05, 4.69) is 20.3 Å². The highest BCUT2D eigenvalue weighted by Gasteiger charge is 2.14. The molecule has 0 radical (unpaired) electrons. The van der Waals surface area contributed by atoms with E-state index in [1.807, 2.05) is 0 Å². The summed E-state index contributed by atoms with van der Waals surface area (Å²) < 4.78 is 5.10. The SMILES string of the molecule is COc1ccc2[nH]cc(C(=O)Nc3ncccn3)c(=O)c2c1. The van der Waals surface area contributed by atoms with Gasteiger partial charge in [0.15, 0.2) is 0 Å². The zero-order valence-electron chi connectivity index (χ0n) is 11.7. The second-order valence-electron chi connectivity index (χ2n) is 4.47. The summed E-state index contributed by atoms with van der Waals surface area (Å²) in [5, 5.41) is 2.86. The van der Waals surface area contributed by atoms with Crippen molar-refractivity contribution in [2.75, 3.05) is 12.4 Å². The Morgan fingerprint density at radius 1 is 1.27 bits per heavy atom. The van der Waals surface area contributed by atoms with E-state index in [0.29, 0.717) is 16.7 Å². The van der Waals surface area contributed by atoms with Gasteiger partial charge in [0.2, 0.25) is 11.4 Å². The number of rotatable bonds is 3. The molecule has 2 N–H and O–H groups in total. The van der Waals surface area contributed by atoms with E-state index in [4.69, 9.17) is 4.74 Å². The molecule has 0 saturated heterocycles. The van der Waals surface area contributed by atoms with Crippen molar-refractivity contribution in [3.05, 3.63) is 58.6 Å². The minimum atomic E-state index is -0.572. The molecule has 0 fully saturated rings. The molecule has 3 rings (SSSR count). The average Bonchev–Trinajstić information content (AvgIpc) is 2.56. The Morgan fingerprint density at radius 3 is 2.77 bits per heavy atom. The highest BCUT2D eigenvalue weighted by molar-refractivity contribution is 6.04. The second kappa shape index (κ2) is 5.65. The molecule has 0 aliphatic rings. The summed E-state index contributed by atoms with van der Waals surface area (Å²) in [5.41, 5.74) is 0.215. The zero-order chi connectivity index (χ0) is 15.5. The maximum absolute atomic E-state index is 12.5. The molecular weight excluding hydrogens is 284 g/mol. The van der Waals surface area contributed by atoms with Crippen LogP contribution in [-0.2, 0) is 0 Å². The number of hydrogen-bond acceptors (Lipinski definition) is 5. The van der Waals surface area contributed by atoms with Crippen molar-refractivity contribution < 1.29 is 9.53 Å². The molecule has 2 aromatic heterocycles. The van der Waals surface area contributed by atoms with Crippen molar-refractivity contribution in [1.82, 2.24) is 15.0 Å². The lowest BCUT2D eigenvalue weighted by Gasteiger charge is -2.05. The van der Waals surface area contributed by atoms with Crippen molar-refractivity contribution >= 4 is 22.8 Å². The van der Waals surface area contributed by atoms with E-state index < -0.39 is 5.91 Å². The predicted octanol–water partition coefficient (Wildman–Crippen LogP) is 1.58. The van der Waals surface area contributed by atoms with Gasteiger partial charge in [-0.05, 0) is 24.3 Å². The number of ether oxygens (including phenoxy) is 1. The van der Waals surface area contributed by atoms with E-state index in [1.165, 1.54) is 25.7 Å². The maximum Gasteiger partial charge on any atom is 0.263 e. The number of nitrogens with one attached hydrogen (secondary N) is 2. The number of amides is 1. The molecule has 0 bridgehead atoms. The number of aromatic nitrogens is 3. The molecule has 2 heterocycles. The van der Waals surface area contributed by atoms with E-state index in [1.54, 1.807) is 24.3 Å². The van der Waals surface area contributed by atoms with Crippen LogP contribution in [0.2, 0.25) is 0 Å². The van der Waals surface area contributed by atoms with E-state index in [9.17, 15) is 9.59 Å².